The van der Waals surface area contributed by atoms with E-state index in [1.54, 1.807) is 7.11 Å². The molecule has 1 aliphatic carbocycles. The maximum Gasteiger partial charge on any atom is 0.119 e. The van der Waals surface area contributed by atoms with Gasteiger partial charge in [-0.2, -0.15) is 5.10 Å². The molecule has 3 heteroatoms. The molecule has 0 N–H and O–H groups in total. The number of benzene rings is 1. The highest BCUT2D eigenvalue weighted by Crippen LogP contribution is 2.32. The Kier molecular flexibility index (Phi) is 2.74. The molecule has 3 nitrogen and oxygen atoms in total. The van der Waals surface area contributed by atoms with Crippen LogP contribution in [0.5, 0.6) is 5.75 Å². The van der Waals surface area contributed by atoms with Gasteiger partial charge in [0, 0.05) is 5.56 Å². The van der Waals surface area contributed by atoms with E-state index in [0.29, 0.717) is 0 Å². The standard InChI is InChI=1S/C15H16N2O/c1-10-8-12-5-3-4-11-9-13(18-2)6-7-14(11)15(12)17-16-10/h6-9H,3-5H2,1-2H3. The smallest absolute Gasteiger partial charge is 0.119 e. The first kappa shape index (κ1) is 11.2. The molecule has 0 saturated heterocycles. The highest BCUT2D eigenvalue weighted by Gasteiger charge is 2.16. The van der Waals surface area contributed by atoms with Crippen LogP contribution in [0.25, 0.3) is 11.3 Å². The Morgan fingerprint density at radius 3 is 2.72 bits per heavy atom. The molecule has 1 heterocycles. The molecule has 0 radical (unpaired) electrons. The molecule has 0 fully saturated rings. The molecule has 0 saturated carbocycles. The molecule has 0 aliphatic heterocycles. The molecular weight excluding hydrogens is 224 g/mol. The lowest BCUT2D eigenvalue weighted by molar-refractivity contribution is 0.414. The Morgan fingerprint density at radius 2 is 1.89 bits per heavy atom. The average molecular weight is 240 g/mol. The van der Waals surface area contributed by atoms with Crippen LogP contribution in [0.2, 0.25) is 0 Å². The van der Waals surface area contributed by atoms with Crippen LogP contribution < -0.4 is 4.74 Å². The van der Waals surface area contributed by atoms with E-state index in [2.05, 4.69) is 28.4 Å². The second-order valence-corrected chi connectivity index (χ2v) is 4.74. The molecule has 2 aromatic rings. The van der Waals surface area contributed by atoms with Crippen LogP contribution in [0.15, 0.2) is 24.3 Å². The van der Waals surface area contributed by atoms with E-state index in [1.807, 2.05) is 13.0 Å². The van der Waals surface area contributed by atoms with Crippen LogP contribution in [-0.4, -0.2) is 17.3 Å². The fourth-order valence-corrected chi connectivity index (χ4v) is 2.56. The molecule has 1 aliphatic rings. The van der Waals surface area contributed by atoms with E-state index in [9.17, 15) is 0 Å². The van der Waals surface area contributed by atoms with E-state index in [0.717, 1.165) is 36.4 Å². The molecular formula is C15H16N2O. The molecule has 3 rings (SSSR count). The quantitative estimate of drug-likeness (QED) is 0.768. The number of aromatic nitrogens is 2. The number of fused-ring (bicyclic) bond motifs is 3. The normalized spacial score (nSPS) is 13.4. The van der Waals surface area contributed by atoms with Gasteiger partial charge in [0.15, 0.2) is 0 Å². The highest BCUT2D eigenvalue weighted by molar-refractivity contribution is 5.68. The zero-order chi connectivity index (χ0) is 12.5. The predicted molar refractivity (Wildman–Crippen MR) is 70.8 cm³/mol. The second kappa shape index (κ2) is 4.41. The van der Waals surface area contributed by atoms with Crippen molar-refractivity contribution in [1.82, 2.24) is 10.2 Å². The van der Waals surface area contributed by atoms with Crippen molar-refractivity contribution in [2.24, 2.45) is 0 Å². The summed E-state index contributed by atoms with van der Waals surface area (Å²) in [5.41, 5.74) is 5.86. The number of methoxy groups -OCH3 is 1. The fraction of sp³-hybridized carbons (Fsp3) is 0.333. The van der Waals surface area contributed by atoms with Crippen molar-refractivity contribution in [2.45, 2.75) is 26.2 Å². The Labute approximate surface area is 107 Å². The molecule has 18 heavy (non-hydrogen) atoms. The number of rotatable bonds is 1. The third kappa shape index (κ3) is 1.86. The number of hydrogen-bond donors (Lipinski definition) is 0. The number of hydrogen-bond acceptors (Lipinski definition) is 3. The van der Waals surface area contributed by atoms with Crippen LogP contribution in [0, 0.1) is 6.92 Å². The Balaban J connectivity index is 2.18. The van der Waals surface area contributed by atoms with Crippen molar-refractivity contribution in [3.8, 4) is 17.0 Å². The highest BCUT2D eigenvalue weighted by atomic mass is 16.5. The monoisotopic (exact) mass is 240 g/mol. The summed E-state index contributed by atoms with van der Waals surface area (Å²) in [6.07, 6.45) is 3.29. The lowest BCUT2D eigenvalue weighted by Crippen LogP contribution is -1.97. The summed E-state index contributed by atoms with van der Waals surface area (Å²) in [6.45, 7) is 1.99. The van der Waals surface area contributed by atoms with Crippen LogP contribution in [0.4, 0.5) is 0 Å². The summed E-state index contributed by atoms with van der Waals surface area (Å²) >= 11 is 0. The maximum atomic E-state index is 5.29. The summed E-state index contributed by atoms with van der Waals surface area (Å²) in [6, 6.07) is 8.37. The zero-order valence-electron chi connectivity index (χ0n) is 10.7. The van der Waals surface area contributed by atoms with Crippen LogP contribution in [-0.2, 0) is 12.8 Å². The van der Waals surface area contributed by atoms with Gasteiger partial charge < -0.3 is 4.74 Å². The summed E-state index contributed by atoms with van der Waals surface area (Å²) in [5.74, 6) is 0.914. The first-order valence-electron chi connectivity index (χ1n) is 6.28. The van der Waals surface area contributed by atoms with E-state index in [4.69, 9.17) is 4.74 Å². The Morgan fingerprint density at radius 1 is 1.06 bits per heavy atom. The van der Waals surface area contributed by atoms with Crippen molar-refractivity contribution in [3.05, 3.63) is 41.1 Å². The van der Waals surface area contributed by atoms with Crippen LogP contribution in [0.3, 0.4) is 0 Å². The molecule has 1 aromatic carbocycles. The minimum Gasteiger partial charge on any atom is -0.497 e. The van der Waals surface area contributed by atoms with Gasteiger partial charge in [-0.1, -0.05) is 0 Å². The summed E-state index contributed by atoms with van der Waals surface area (Å²) < 4.78 is 5.29. The zero-order valence-corrected chi connectivity index (χ0v) is 10.7. The summed E-state index contributed by atoms with van der Waals surface area (Å²) in [5, 5.41) is 8.58. The third-order valence-corrected chi connectivity index (χ3v) is 3.45. The van der Waals surface area contributed by atoms with Gasteiger partial charge in [0.1, 0.15) is 5.75 Å². The van der Waals surface area contributed by atoms with E-state index >= 15 is 0 Å². The van der Waals surface area contributed by atoms with E-state index in [1.165, 1.54) is 16.7 Å². The molecule has 0 amide bonds. The van der Waals surface area contributed by atoms with Gasteiger partial charge >= 0.3 is 0 Å². The molecule has 92 valence electrons. The van der Waals surface area contributed by atoms with Gasteiger partial charge in [0.05, 0.1) is 18.5 Å². The second-order valence-electron chi connectivity index (χ2n) is 4.74. The number of aryl methyl sites for hydroxylation is 3. The summed E-state index contributed by atoms with van der Waals surface area (Å²) in [4.78, 5) is 0. The van der Waals surface area contributed by atoms with Crippen LogP contribution in [0.1, 0.15) is 23.2 Å². The third-order valence-electron chi connectivity index (χ3n) is 3.45. The molecule has 0 unspecified atom stereocenters. The molecule has 0 atom stereocenters. The molecule has 0 spiro atoms. The molecule has 1 aromatic heterocycles. The van der Waals surface area contributed by atoms with Gasteiger partial charge in [-0.25, -0.2) is 0 Å². The Bertz CT molecular complexity index is 593. The van der Waals surface area contributed by atoms with Gasteiger partial charge in [-0.15, -0.1) is 5.10 Å². The van der Waals surface area contributed by atoms with Gasteiger partial charge in [-0.3, -0.25) is 0 Å². The minimum absolute atomic E-state index is 0.914. The van der Waals surface area contributed by atoms with Crippen molar-refractivity contribution in [3.63, 3.8) is 0 Å². The van der Waals surface area contributed by atoms with E-state index in [-0.39, 0.29) is 0 Å². The van der Waals surface area contributed by atoms with Gasteiger partial charge in [0.25, 0.3) is 0 Å². The maximum absolute atomic E-state index is 5.29. The lowest BCUT2D eigenvalue weighted by atomic mass is 10.0. The fourth-order valence-electron chi connectivity index (χ4n) is 2.56. The van der Waals surface area contributed by atoms with Crippen molar-refractivity contribution >= 4 is 0 Å². The average Bonchev–Trinajstić information content (AvgIpc) is 2.56. The van der Waals surface area contributed by atoms with Crippen LogP contribution >= 0.6 is 0 Å². The number of ether oxygens (including phenoxy) is 1. The van der Waals surface area contributed by atoms with Crippen molar-refractivity contribution in [1.29, 1.82) is 0 Å². The van der Waals surface area contributed by atoms with Crippen molar-refractivity contribution < 1.29 is 4.74 Å². The Hall–Kier alpha value is -1.90. The van der Waals surface area contributed by atoms with Gasteiger partial charge in [-0.05, 0) is 61.6 Å². The lowest BCUT2D eigenvalue weighted by Gasteiger charge is -2.09. The van der Waals surface area contributed by atoms with Gasteiger partial charge in [0.2, 0.25) is 0 Å². The topological polar surface area (TPSA) is 35.0 Å². The number of nitrogens with zero attached hydrogens (tertiary/aromatic N) is 2. The predicted octanol–water partition coefficient (Wildman–Crippen LogP) is 2.95. The SMILES string of the molecule is COc1ccc2c(c1)CCCc1cc(C)nnc1-2. The van der Waals surface area contributed by atoms with Crippen molar-refractivity contribution in [2.75, 3.05) is 7.11 Å². The first-order valence-corrected chi connectivity index (χ1v) is 6.28. The van der Waals surface area contributed by atoms with E-state index < -0.39 is 0 Å². The summed E-state index contributed by atoms with van der Waals surface area (Å²) in [7, 11) is 1.70. The molecule has 0 bridgehead atoms. The largest absolute Gasteiger partial charge is 0.497 e. The minimum atomic E-state index is 0.914. The first-order chi connectivity index (χ1) is 8.78.